The molecule has 106 valence electrons. The summed E-state index contributed by atoms with van der Waals surface area (Å²) in [7, 11) is 1.65. The number of benzene rings is 2. The van der Waals surface area contributed by atoms with Crippen LogP contribution >= 0.6 is 27.5 Å². The predicted octanol–water partition coefficient (Wildman–Crippen LogP) is 5.08. The first-order valence-corrected chi connectivity index (χ1v) is 7.58. The van der Waals surface area contributed by atoms with Crippen molar-refractivity contribution in [1.29, 1.82) is 0 Å². The average molecular weight is 356 g/mol. The molecule has 0 aromatic heterocycles. The molecule has 2 aromatic carbocycles. The fraction of sp³-hybridized carbons (Fsp3) is 0.250. The summed E-state index contributed by atoms with van der Waals surface area (Å²) in [5, 5.41) is 0. The summed E-state index contributed by atoms with van der Waals surface area (Å²) in [5.41, 5.74) is 3.13. The van der Waals surface area contributed by atoms with Crippen LogP contribution in [0.4, 0.5) is 0 Å². The number of hydrogen-bond acceptors (Lipinski definition) is 2. The van der Waals surface area contributed by atoms with E-state index in [4.69, 9.17) is 21.1 Å². The van der Waals surface area contributed by atoms with Gasteiger partial charge in [0.15, 0.2) is 0 Å². The van der Waals surface area contributed by atoms with Crippen molar-refractivity contribution in [1.82, 2.24) is 0 Å². The number of halogens is 2. The molecule has 0 bridgehead atoms. The fourth-order valence-corrected chi connectivity index (χ4v) is 2.54. The van der Waals surface area contributed by atoms with E-state index in [9.17, 15) is 0 Å². The minimum atomic E-state index is 0.441. The molecule has 0 aliphatic heterocycles. The standard InChI is InChI=1S/C16H16BrClO2/c1-11-4-3-5-12(9-18)16(11)20-10-13-8-14(19-2)6-7-15(13)17/h3-8H,9-10H2,1-2H3. The lowest BCUT2D eigenvalue weighted by Gasteiger charge is -2.14. The highest BCUT2D eigenvalue weighted by Crippen LogP contribution is 2.28. The van der Waals surface area contributed by atoms with E-state index in [0.717, 1.165) is 32.7 Å². The Morgan fingerprint density at radius 3 is 2.65 bits per heavy atom. The van der Waals surface area contributed by atoms with Crippen molar-refractivity contribution in [3.63, 3.8) is 0 Å². The highest BCUT2D eigenvalue weighted by molar-refractivity contribution is 9.10. The highest BCUT2D eigenvalue weighted by atomic mass is 79.9. The van der Waals surface area contributed by atoms with E-state index >= 15 is 0 Å². The number of aryl methyl sites for hydroxylation is 1. The quantitative estimate of drug-likeness (QED) is 0.696. The van der Waals surface area contributed by atoms with Crippen LogP contribution in [-0.4, -0.2) is 7.11 Å². The Balaban J connectivity index is 2.21. The molecular formula is C16H16BrClO2. The molecule has 0 saturated heterocycles. The molecule has 2 nitrogen and oxygen atoms in total. The smallest absolute Gasteiger partial charge is 0.127 e. The second-order valence-corrected chi connectivity index (χ2v) is 5.56. The van der Waals surface area contributed by atoms with Gasteiger partial charge in [-0.15, -0.1) is 11.6 Å². The first-order chi connectivity index (χ1) is 9.65. The zero-order valence-electron chi connectivity index (χ0n) is 11.5. The van der Waals surface area contributed by atoms with Crippen LogP contribution in [0.25, 0.3) is 0 Å². The second-order valence-electron chi connectivity index (χ2n) is 4.44. The number of ether oxygens (including phenoxy) is 2. The van der Waals surface area contributed by atoms with Crippen molar-refractivity contribution in [2.45, 2.75) is 19.4 Å². The van der Waals surface area contributed by atoms with Gasteiger partial charge < -0.3 is 9.47 Å². The molecule has 0 unspecified atom stereocenters. The van der Waals surface area contributed by atoms with Gasteiger partial charge in [-0.3, -0.25) is 0 Å². The van der Waals surface area contributed by atoms with Gasteiger partial charge in [0.25, 0.3) is 0 Å². The normalized spacial score (nSPS) is 10.4. The van der Waals surface area contributed by atoms with Gasteiger partial charge in [0, 0.05) is 15.6 Å². The van der Waals surface area contributed by atoms with E-state index in [-0.39, 0.29) is 0 Å². The molecule has 2 rings (SSSR count). The maximum atomic E-state index is 5.96. The van der Waals surface area contributed by atoms with Crippen LogP contribution in [0.2, 0.25) is 0 Å². The third-order valence-corrected chi connectivity index (χ3v) is 4.12. The van der Waals surface area contributed by atoms with E-state index in [1.807, 2.05) is 43.3 Å². The minimum absolute atomic E-state index is 0.441. The monoisotopic (exact) mass is 354 g/mol. The maximum absolute atomic E-state index is 5.96. The molecule has 0 spiro atoms. The fourth-order valence-electron chi connectivity index (χ4n) is 1.96. The van der Waals surface area contributed by atoms with Crippen LogP contribution < -0.4 is 9.47 Å². The van der Waals surface area contributed by atoms with Crippen molar-refractivity contribution < 1.29 is 9.47 Å². The molecule has 0 saturated carbocycles. The van der Waals surface area contributed by atoms with Gasteiger partial charge in [0.1, 0.15) is 18.1 Å². The maximum Gasteiger partial charge on any atom is 0.127 e. The molecule has 0 atom stereocenters. The van der Waals surface area contributed by atoms with Crippen molar-refractivity contribution in [3.05, 3.63) is 57.6 Å². The number of methoxy groups -OCH3 is 1. The summed E-state index contributed by atoms with van der Waals surface area (Å²) in [6.07, 6.45) is 0. The van der Waals surface area contributed by atoms with Gasteiger partial charge in [-0.2, -0.15) is 0 Å². The van der Waals surface area contributed by atoms with Gasteiger partial charge in [-0.05, 0) is 30.7 Å². The third-order valence-electron chi connectivity index (χ3n) is 3.06. The Bertz CT molecular complexity index is 599. The molecule has 4 heteroatoms. The Labute approximate surface area is 132 Å². The summed E-state index contributed by atoms with van der Waals surface area (Å²) < 4.78 is 12.2. The molecule has 0 radical (unpaired) electrons. The number of para-hydroxylation sites is 1. The Hall–Kier alpha value is -1.19. The Kier molecular flexibility index (Phi) is 5.32. The molecule has 2 aromatic rings. The zero-order chi connectivity index (χ0) is 14.5. The van der Waals surface area contributed by atoms with E-state index in [0.29, 0.717) is 12.5 Å². The first kappa shape index (κ1) is 15.2. The largest absolute Gasteiger partial charge is 0.497 e. The lowest BCUT2D eigenvalue weighted by molar-refractivity contribution is 0.300. The molecule has 0 N–H and O–H groups in total. The number of hydrogen-bond donors (Lipinski definition) is 0. The molecule has 0 amide bonds. The number of rotatable bonds is 5. The summed E-state index contributed by atoms with van der Waals surface area (Å²) in [5.74, 6) is 2.11. The lowest BCUT2D eigenvalue weighted by atomic mass is 10.1. The van der Waals surface area contributed by atoms with E-state index in [1.54, 1.807) is 7.11 Å². The van der Waals surface area contributed by atoms with Crippen LogP contribution in [-0.2, 0) is 12.5 Å². The van der Waals surface area contributed by atoms with Crippen molar-refractivity contribution in [2.75, 3.05) is 7.11 Å². The SMILES string of the molecule is COc1ccc(Br)c(COc2c(C)cccc2CCl)c1. The Morgan fingerprint density at radius 2 is 1.95 bits per heavy atom. The van der Waals surface area contributed by atoms with Crippen LogP contribution in [0.3, 0.4) is 0 Å². The van der Waals surface area contributed by atoms with E-state index < -0.39 is 0 Å². The van der Waals surface area contributed by atoms with Crippen LogP contribution in [0.1, 0.15) is 16.7 Å². The third kappa shape index (κ3) is 3.47. The second kappa shape index (κ2) is 7.00. The van der Waals surface area contributed by atoms with Crippen LogP contribution in [0.15, 0.2) is 40.9 Å². The molecule has 0 fully saturated rings. The van der Waals surface area contributed by atoms with E-state index in [1.165, 1.54) is 0 Å². The van der Waals surface area contributed by atoms with Gasteiger partial charge in [0.2, 0.25) is 0 Å². The van der Waals surface area contributed by atoms with Crippen molar-refractivity contribution in [3.8, 4) is 11.5 Å². The van der Waals surface area contributed by atoms with E-state index in [2.05, 4.69) is 15.9 Å². The van der Waals surface area contributed by atoms with Gasteiger partial charge in [-0.1, -0.05) is 34.1 Å². The number of alkyl halides is 1. The summed E-state index contributed by atoms with van der Waals surface area (Å²) in [4.78, 5) is 0. The van der Waals surface area contributed by atoms with Gasteiger partial charge in [-0.25, -0.2) is 0 Å². The molecule has 0 aliphatic rings. The highest BCUT2D eigenvalue weighted by Gasteiger charge is 2.08. The van der Waals surface area contributed by atoms with Crippen molar-refractivity contribution >= 4 is 27.5 Å². The zero-order valence-corrected chi connectivity index (χ0v) is 13.8. The summed E-state index contributed by atoms with van der Waals surface area (Å²) >= 11 is 9.48. The van der Waals surface area contributed by atoms with Gasteiger partial charge >= 0.3 is 0 Å². The topological polar surface area (TPSA) is 18.5 Å². The predicted molar refractivity (Wildman–Crippen MR) is 85.8 cm³/mol. The average Bonchev–Trinajstić information content (AvgIpc) is 2.47. The summed E-state index contributed by atoms with van der Waals surface area (Å²) in [6, 6.07) is 11.8. The Morgan fingerprint density at radius 1 is 1.15 bits per heavy atom. The molecule has 0 heterocycles. The molecular weight excluding hydrogens is 340 g/mol. The summed E-state index contributed by atoms with van der Waals surface area (Å²) in [6.45, 7) is 2.48. The van der Waals surface area contributed by atoms with Crippen molar-refractivity contribution in [2.24, 2.45) is 0 Å². The van der Waals surface area contributed by atoms with Crippen LogP contribution in [0, 0.1) is 6.92 Å². The first-order valence-electron chi connectivity index (χ1n) is 6.25. The van der Waals surface area contributed by atoms with Crippen LogP contribution in [0.5, 0.6) is 11.5 Å². The van der Waals surface area contributed by atoms with Gasteiger partial charge in [0.05, 0.1) is 13.0 Å². The molecule has 20 heavy (non-hydrogen) atoms. The minimum Gasteiger partial charge on any atom is -0.497 e. The molecule has 0 aliphatic carbocycles. The lowest BCUT2D eigenvalue weighted by Crippen LogP contribution is -2.01.